The van der Waals surface area contributed by atoms with Crippen molar-refractivity contribution < 1.29 is 18.7 Å². The van der Waals surface area contributed by atoms with Gasteiger partial charge in [-0.1, -0.05) is 6.07 Å². The van der Waals surface area contributed by atoms with Gasteiger partial charge in [0.25, 0.3) is 0 Å². The third kappa shape index (κ3) is 3.71. The molecule has 0 spiro atoms. The summed E-state index contributed by atoms with van der Waals surface area (Å²) in [7, 11) is 0. The van der Waals surface area contributed by atoms with Crippen LogP contribution in [0.2, 0.25) is 0 Å². The maximum absolute atomic E-state index is 13.4. The summed E-state index contributed by atoms with van der Waals surface area (Å²) in [6.45, 7) is 0.737. The molecular formula is C25H18N2O4. The highest BCUT2D eigenvalue weighted by Crippen LogP contribution is 2.43. The molecule has 0 atom stereocenters. The van der Waals surface area contributed by atoms with Crippen LogP contribution in [0.3, 0.4) is 0 Å². The van der Waals surface area contributed by atoms with Crippen LogP contribution in [0.25, 0.3) is 11.1 Å². The number of benzene rings is 1. The van der Waals surface area contributed by atoms with Crippen molar-refractivity contribution in [2.24, 2.45) is 0 Å². The van der Waals surface area contributed by atoms with Crippen LogP contribution in [0.4, 0.5) is 0 Å². The standard InChI is InChI=1S/C25H18N2O4/c28-25-22-14-20(31-13-12-30-19-5-9-26-10-6-19)3-4-21(22)23(18-7-11-29-16-18)24(25)17-2-1-8-27-15-17/h1-11,14-16H,12-13H2. The molecule has 0 bridgehead atoms. The van der Waals surface area contributed by atoms with Gasteiger partial charge in [-0.25, -0.2) is 0 Å². The predicted molar refractivity (Wildman–Crippen MR) is 115 cm³/mol. The van der Waals surface area contributed by atoms with E-state index in [1.54, 1.807) is 55.5 Å². The number of pyridine rings is 2. The van der Waals surface area contributed by atoms with E-state index in [9.17, 15) is 4.79 Å². The van der Waals surface area contributed by atoms with Crippen molar-refractivity contribution in [2.45, 2.75) is 0 Å². The summed E-state index contributed by atoms with van der Waals surface area (Å²) in [5, 5.41) is 0. The fourth-order valence-corrected chi connectivity index (χ4v) is 3.65. The molecule has 0 radical (unpaired) electrons. The van der Waals surface area contributed by atoms with Crippen molar-refractivity contribution in [1.29, 1.82) is 0 Å². The molecule has 31 heavy (non-hydrogen) atoms. The van der Waals surface area contributed by atoms with Gasteiger partial charge in [0.1, 0.15) is 24.7 Å². The number of carbonyl (C=O) groups is 1. The Kier molecular flexibility index (Phi) is 5.02. The van der Waals surface area contributed by atoms with Crippen LogP contribution in [-0.4, -0.2) is 29.0 Å². The number of Topliss-reactive ketones (excluding diaryl/α,β-unsaturated/α-hetero) is 1. The maximum atomic E-state index is 13.4. The highest BCUT2D eigenvalue weighted by Gasteiger charge is 2.32. The second-order valence-electron chi connectivity index (χ2n) is 6.92. The molecule has 0 amide bonds. The molecule has 5 rings (SSSR count). The van der Waals surface area contributed by atoms with E-state index >= 15 is 0 Å². The van der Waals surface area contributed by atoms with E-state index in [2.05, 4.69) is 9.97 Å². The molecule has 6 heteroatoms. The SMILES string of the molecule is O=C1C(c2cccnc2)=C(c2ccoc2)c2ccc(OCCOc3ccncc3)cc21. The number of fused-ring (bicyclic) bond motifs is 1. The first-order chi connectivity index (χ1) is 15.3. The smallest absolute Gasteiger partial charge is 0.195 e. The van der Waals surface area contributed by atoms with Crippen molar-refractivity contribution in [2.75, 3.05) is 13.2 Å². The fourth-order valence-electron chi connectivity index (χ4n) is 3.65. The molecule has 0 saturated carbocycles. The highest BCUT2D eigenvalue weighted by molar-refractivity contribution is 6.41. The molecule has 1 aliphatic carbocycles. The zero-order valence-corrected chi connectivity index (χ0v) is 16.5. The number of ether oxygens (including phenoxy) is 2. The van der Waals surface area contributed by atoms with E-state index in [1.165, 1.54) is 0 Å². The van der Waals surface area contributed by atoms with E-state index in [0.717, 1.165) is 28.0 Å². The minimum absolute atomic E-state index is 0.0577. The van der Waals surface area contributed by atoms with E-state index in [4.69, 9.17) is 13.9 Å². The first-order valence-electron chi connectivity index (χ1n) is 9.83. The Bertz CT molecular complexity index is 1230. The number of ketones is 1. The number of rotatable bonds is 7. The lowest BCUT2D eigenvalue weighted by atomic mass is 9.97. The number of hydrogen-bond acceptors (Lipinski definition) is 6. The van der Waals surface area contributed by atoms with Crippen LogP contribution >= 0.6 is 0 Å². The van der Waals surface area contributed by atoms with Crippen LogP contribution in [0.15, 0.2) is 90.3 Å². The van der Waals surface area contributed by atoms with Gasteiger partial charge in [-0.15, -0.1) is 0 Å². The van der Waals surface area contributed by atoms with Gasteiger partial charge in [0.05, 0.1) is 12.5 Å². The number of nitrogens with zero attached hydrogens (tertiary/aromatic N) is 2. The van der Waals surface area contributed by atoms with Gasteiger partial charge in [0.15, 0.2) is 5.78 Å². The predicted octanol–water partition coefficient (Wildman–Crippen LogP) is 4.68. The molecule has 0 saturated heterocycles. The number of allylic oxidation sites excluding steroid dienone is 1. The largest absolute Gasteiger partial charge is 0.490 e. The number of aromatic nitrogens is 2. The van der Waals surface area contributed by atoms with E-state index < -0.39 is 0 Å². The van der Waals surface area contributed by atoms with Crippen molar-refractivity contribution >= 4 is 16.9 Å². The minimum Gasteiger partial charge on any atom is -0.490 e. The summed E-state index contributed by atoms with van der Waals surface area (Å²) < 4.78 is 16.7. The zero-order chi connectivity index (χ0) is 21.0. The summed E-state index contributed by atoms with van der Waals surface area (Å²) in [4.78, 5) is 21.5. The zero-order valence-electron chi connectivity index (χ0n) is 16.5. The molecule has 3 heterocycles. The summed E-state index contributed by atoms with van der Waals surface area (Å²) in [6, 6.07) is 14.7. The molecular weight excluding hydrogens is 392 g/mol. The normalized spacial score (nSPS) is 12.7. The molecule has 4 aromatic rings. The third-order valence-electron chi connectivity index (χ3n) is 5.01. The van der Waals surface area contributed by atoms with Crippen molar-refractivity contribution in [3.63, 3.8) is 0 Å². The van der Waals surface area contributed by atoms with Crippen LogP contribution in [0, 0.1) is 0 Å². The molecule has 6 nitrogen and oxygen atoms in total. The van der Waals surface area contributed by atoms with Crippen molar-refractivity contribution in [1.82, 2.24) is 9.97 Å². The van der Waals surface area contributed by atoms with Crippen molar-refractivity contribution in [3.05, 3.63) is 108 Å². The Morgan fingerprint density at radius 1 is 0.774 bits per heavy atom. The van der Waals surface area contributed by atoms with E-state index in [0.29, 0.717) is 30.1 Å². The quantitative estimate of drug-likeness (QED) is 0.412. The third-order valence-corrected chi connectivity index (χ3v) is 5.01. The highest BCUT2D eigenvalue weighted by atomic mass is 16.5. The molecule has 0 N–H and O–H groups in total. The summed E-state index contributed by atoms with van der Waals surface area (Å²) >= 11 is 0. The Morgan fingerprint density at radius 3 is 2.35 bits per heavy atom. The lowest BCUT2D eigenvalue weighted by Gasteiger charge is -2.10. The first kappa shape index (κ1) is 18.8. The molecule has 0 fully saturated rings. The van der Waals surface area contributed by atoms with Crippen LogP contribution < -0.4 is 9.47 Å². The molecule has 152 valence electrons. The number of carbonyl (C=O) groups excluding carboxylic acids is 1. The Hall–Kier alpha value is -4.19. The van der Waals surface area contributed by atoms with E-state index in [-0.39, 0.29) is 5.78 Å². The van der Waals surface area contributed by atoms with Crippen molar-refractivity contribution in [3.8, 4) is 11.5 Å². The van der Waals surface area contributed by atoms with Gasteiger partial charge in [-0.2, -0.15) is 0 Å². The van der Waals surface area contributed by atoms with Gasteiger partial charge >= 0.3 is 0 Å². The summed E-state index contributed by atoms with van der Waals surface area (Å²) in [5.74, 6) is 1.29. The first-order valence-corrected chi connectivity index (χ1v) is 9.83. The second-order valence-corrected chi connectivity index (χ2v) is 6.92. The van der Waals surface area contributed by atoms with Gasteiger partial charge in [-0.05, 0) is 48.0 Å². The second kappa shape index (κ2) is 8.28. The van der Waals surface area contributed by atoms with Crippen LogP contribution in [0.1, 0.15) is 27.0 Å². The molecule has 0 unspecified atom stereocenters. The average molecular weight is 410 g/mol. The van der Waals surface area contributed by atoms with Crippen LogP contribution in [0.5, 0.6) is 11.5 Å². The number of furan rings is 1. The summed E-state index contributed by atoms with van der Waals surface area (Å²) in [6.07, 6.45) is 9.99. The lowest BCUT2D eigenvalue weighted by Crippen LogP contribution is -2.09. The van der Waals surface area contributed by atoms with E-state index in [1.807, 2.05) is 30.3 Å². The molecule has 1 aliphatic rings. The van der Waals surface area contributed by atoms with Gasteiger partial charge in [0, 0.05) is 52.6 Å². The Balaban J connectivity index is 1.39. The minimum atomic E-state index is -0.0577. The monoisotopic (exact) mass is 410 g/mol. The Morgan fingerprint density at radius 2 is 1.61 bits per heavy atom. The van der Waals surface area contributed by atoms with Gasteiger partial charge in [-0.3, -0.25) is 14.8 Å². The lowest BCUT2D eigenvalue weighted by molar-refractivity contribution is 0.105. The van der Waals surface area contributed by atoms with Crippen LogP contribution in [-0.2, 0) is 0 Å². The Labute approximate surface area is 178 Å². The molecule has 3 aromatic heterocycles. The van der Waals surface area contributed by atoms with Gasteiger partial charge in [0.2, 0.25) is 0 Å². The number of hydrogen-bond donors (Lipinski definition) is 0. The van der Waals surface area contributed by atoms with Gasteiger partial charge < -0.3 is 13.9 Å². The molecule has 0 aliphatic heterocycles. The fraction of sp³-hybridized carbons (Fsp3) is 0.0800. The topological polar surface area (TPSA) is 74.5 Å². The molecule has 1 aromatic carbocycles. The maximum Gasteiger partial charge on any atom is 0.195 e. The summed E-state index contributed by atoms with van der Waals surface area (Å²) in [5.41, 5.74) is 4.53. The average Bonchev–Trinajstić information content (AvgIpc) is 3.44.